The summed E-state index contributed by atoms with van der Waals surface area (Å²) in [4.78, 5) is 15.6. The van der Waals surface area contributed by atoms with E-state index in [9.17, 15) is 4.79 Å². The molecule has 0 aliphatic carbocycles. The molecular formula is C12H7NO2S. The van der Waals surface area contributed by atoms with Crippen LogP contribution in [0.5, 0.6) is 0 Å². The van der Waals surface area contributed by atoms with E-state index in [1.165, 1.54) is 11.3 Å². The molecule has 0 atom stereocenters. The average Bonchev–Trinajstić information content (AvgIpc) is 2.79. The third kappa shape index (κ3) is 1.44. The van der Waals surface area contributed by atoms with Gasteiger partial charge in [-0.05, 0) is 23.6 Å². The van der Waals surface area contributed by atoms with Gasteiger partial charge in [-0.1, -0.05) is 18.2 Å². The minimum absolute atomic E-state index is 0.227. The van der Waals surface area contributed by atoms with E-state index < -0.39 is 0 Å². The van der Waals surface area contributed by atoms with Crippen LogP contribution in [0.15, 0.2) is 51.0 Å². The van der Waals surface area contributed by atoms with Gasteiger partial charge in [-0.15, -0.1) is 11.3 Å². The van der Waals surface area contributed by atoms with Gasteiger partial charge in [0.05, 0.1) is 0 Å². The van der Waals surface area contributed by atoms with Gasteiger partial charge < -0.3 is 4.42 Å². The van der Waals surface area contributed by atoms with E-state index in [2.05, 4.69) is 4.98 Å². The van der Waals surface area contributed by atoms with Crippen molar-refractivity contribution in [3.05, 3.63) is 52.1 Å². The lowest BCUT2D eigenvalue weighted by molar-refractivity contribution is 0.597. The second-order valence-corrected chi connectivity index (χ2v) is 4.22. The molecule has 0 unspecified atom stereocenters. The van der Waals surface area contributed by atoms with Gasteiger partial charge in [-0.3, -0.25) is 4.79 Å². The summed E-state index contributed by atoms with van der Waals surface area (Å²) >= 11 is 1.35. The van der Waals surface area contributed by atoms with Crippen LogP contribution in [0.3, 0.4) is 0 Å². The molecule has 2 heterocycles. The van der Waals surface area contributed by atoms with Crippen LogP contribution in [0.2, 0.25) is 0 Å². The molecular weight excluding hydrogens is 222 g/mol. The first-order chi connectivity index (χ1) is 7.84. The number of benzene rings is 1. The van der Waals surface area contributed by atoms with E-state index in [1.54, 1.807) is 6.07 Å². The van der Waals surface area contributed by atoms with Crippen molar-refractivity contribution in [1.82, 2.24) is 4.98 Å². The molecule has 4 heteroatoms. The fraction of sp³-hybridized carbons (Fsp3) is 0. The van der Waals surface area contributed by atoms with Crippen molar-refractivity contribution in [2.24, 2.45) is 0 Å². The van der Waals surface area contributed by atoms with Crippen molar-refractivity contribution in [3.63, 3.8) is 0 Å². The Morgan fingerprint density at radius 1 is 1.12 bits per heavy atom. The maximum Gasteiger partial charge on any atom is 0.294 e. The Morgan fingerprint density at radius 3 is 2.75 bits per heavy atom. The molecule has 0 bridgehead atoms. The molecule has 78 valence electrons. The molecule has 2 aromatic heterocycles. The molecule has 0 spiro atoms. The third-order valence-corrected chi connectivity index (χ3v) is 3.14. The molecule has 3 aromatic rings. The first-order valence-corrected chi connectivity index (χ1v) is 5.66. The van der Waals surface area contributed by atoms with Crippen molar-refractivity contribution in [2.45, 2.75) is 0 Å². The summed E-state index contributed by atoms with van der Waals surface area (Å²) in [5.74, 6) is 0.372. The predicted octanol–water partition coefficient (Wildman–Crippen LogP) is 2.92. The Bertz CT molecular complexity index is 685. The highest BCUT2D eigenvalue weighted by molar-refractivity contribution is 7.17. The van der Waals surface area contributed by atoms with Crippen molar-refractivity contribution in [1.29, 1.82) is 0 Å². The van der Waals surface area contributed by atoms with E-state index in [0.717, 1.165) is 5.56 Å². The fourth-order valence-electron chi connectivity index (χ4n) is 1.51. The second kappa shape index (κ2) is 3.57. The van der Waals surface area contributed by atoms with Gasteiger partial charge in [0.2, 0.25) is 5.89 Å². The highest BCUT2D eigenvalue weighted by Crippen LogP contribution is 2.22. The van der Waals surface area contributed by atoms with Crippen LogP contribution in [0, 0.1) is 0 Å². The largest absolute Gasteiger partial charge is 0.437 e. The van der Waals surface area contributed by atoms with Crippen LogP contribution < -0.4 is 5.56 Å². The SMILES string of the molecule is O=c1nc(-c2ccccc2)oc2ccsc12. The van der Waals surface area contributed by atoms with Crippen molar-refractivity contribution < 1.29 is 4.42 Å². The van der Waals surface area contributed by atoms with E-state index in [-0.39, 0.29) is 5.56 Å². The zero-order chi connectivity index (χ0) is 11.0. The minimum atomic E-state index is -0.227. The van der Waals surface area contributed by atoms with Crippen LogP contribution in [-0.4, -0.2) is 4.98 Å². The topological polar surface area (TPSA) is 43.1 Å². The molecule has 0 saturated heterocycles. The summed E-state index contributed by atoms with van der Waals surface area (Å²) < 4.78 is 6.14. The quantitative estimate of drug-likeness (QED) is 0.644. The Hall–Kier alpha value is -1.94. The van der Waals surface area contributed by atoms with E-state index in [4.69, 9.17) is 4.42 Å². The van der Waals surface area contributed by atoms with Gasteiger partial charge in [-0.2, -0.15) is 4.98 Å². The lowest BCUT2D eigenvalue weighted by atomic mass is 10.2. The molecule has 1 aromatic carbocycles. The standard InChI is InChI=1S/C12H7NO2S/c14-11-10-9(6-7-16-10)15-12(13-11)8-4-2-1-3-5-8/h1-7H. The summed E-state index contributed by atoms with van der Waals surface area (Å²) in [7, 11) is 0. The van der Waals surface area contributed by atoms with Gasteiger partial charge in [0.25, 0.3) is 5.56 Å². The lowest BCUT2D eigenvalue weighted by Crippen LogP contribution is -2.04. The summed E-state index contributed by atoms with van der Waals surface area (Å²) in [5.41, 5.74) is 1.19. The van der Waals surface area contributed by atoms with Gasteiger partial charge in [0.1, 0.15) is 4.70 Å². The van der Waals surface area contributed by atoms with Crippen LogP contribution in [-0.2, 0) is 0 Å². The Morgan fingerprint density at radius 2 is 1.94 bits per heavy atom. The highest BCUT2D eigenvalue weighted by Gasteiger charge is 2.08. The van der Waals surface area contributed by atoms with Crippen LogP contribution in [0.1, 0.15) is 0 Å². The van der Waals surface area contributed by atoms with Crippen LogP contribution >= 0.6 is 11.3 Å². The predicted molar refractivity (Wildman–Crippen MR) is 63.6 cm³/mol. The Kier molecular flexibility index (Phi) is 2.08. The minimum Gasteiger partial charge on any atom is -0.437 e. The molecule has 0 amide bonds. The molecule has 3 rings (SSSR count). The first kappa shape index (κ1) is 9.30. The number of fused-ring (bicyclic) bond motifs is 1. The second-order valence-electron chi connectivity index (χ2n) is 3.30. The fourth-order valence-corrected chi connectivity index (χ4v) is 2.21. The van der Waals surface area contributed by atoms with E-state index in [1.807, 2.05) is 35.7 Å². The summed E-state index contributed by atoms with van der Waals surface area (Å²) in [5, 5.41) is 1.83. The molecule has 0 aliphatic rings. The van der Waals surface area contributed by atoms with Crippen molar-refractivity contribution in [3.8, 4) is 11.5 Å². The van der Waals surface area contributed by atoms with Crippen LogP contribution in [0.25, 0.3) is 21.7 Å². The number of nitrogens with zero attached hydrogens (tertiary/aromatic N) is 1. The molecule has 0 N–H and O–H groups in total. The third-order valence-electron chi connectivity index (χ3n) is 2.25. The molecule has 3 nitrogen and oxygen atoms in total. The Labute approximate surface area is 95.0 Å². The van der Waals surface area contributed by atoms with Gasteiger partial charge in [-0.25, -0.2) is 0 Å². The number of thiophene rings is 1. The van der Waals surface area contributed by atoms with E-state index in [0.29, 0.717) is 16.2 Å². The number of hydrogen-bond acceptors (Lipinski definition) is 4. The van der Waals surface area contributed by atoms with E-state index >= 15 is 0 Å². The molecule has 0 radical (unpaired) electrons. The lowest BCUT2D eigenvalue weighted by Gasteiger charge is -1.98. The monoisotopic (exact) mass is 229 g/mol. The smallest absolute Gasteiger partial charge is 0.294 e. The van der Waals surface area contributed by atoms with Gasteiger partial charge in [0, 0.05) is 5.56 Å². The highest BCUT2D eigenvalue weighted by atomic mass is 32.1. The number of rotatable bonds is 1. The molecule has 0 fully saturated rings. The first-order valence-electron chi connectivity index (χ1n) is 4.78. The number of aromatic nitrogens is 1. The maximum absolute atomic E-state index is 11.7. The van der Waals surface area contributed by atoms with Crippen LogP contribution in [0.4, 0.5) is 0 Å². The van der Waals surface area contributed by atoms with Gasteiger partial charge >= 0.3 is 0 Å². The summed E-state index contributed by atoms with van der Waals surface area (Å²) in [6, 6.07) is 11.2. The molecule has 0 aliphatic heterocycles. The number of hydrogen-bond donors (Lipinski definition) is 0. The maximum atomic E-state index is 11.7. The summed E-state index contributed by atoms with van der Waals surface area (Å²) in [6.07, 6.45) is 0. The zero-order valence-corrected chi connectivity index (χ0v) is 9.03. The van der Waals surface area contributed by atoms with Crippen molar-refractivity contribution in [2.75, 3.05) is 0 Å². The normalized spacial score (nSPS) is 10.8. The molecule has 0 saturated carbocycles. The average molecular weight is 229 g/mol. The molecule has 16 heavy (non-hydrogen) atoms. The van der Waals surface area contributed by atoms with Crippen molar-refractivity contribution >= 4 is 21.6 Å². The summed E-state index contributed by atoms with van der Waals surface area (Å²) in [6.45, 7) is 0. The zero-order valence-electron chi connectivity index (χ0n) is 8.21. The van der Waals surface area contributed by atoms with Gasteiger partial charge in [0.15, 0.2) is 5.58 Å². The Balaban J connectivity index is 2.30.